The summed E-state index contributed by atoms with van der Waals surface area (Å²) in [7, 11) is 0. The Morgan fingerprint density at radius 1 is 1.31 bits per heavy atom. The number of piperidine rings is 1. The summed E-state index contributed by atoms with van der Waals surface area (Å²) in [5.74, 6) is 0.238. The molecule has 140 valence electrons. The van der Waals surface area contributed by atoms with E-state index in [1.54, 1.807) is 25.1 Å². The first kappa shape index (κ1) is 19.4. The number of amides is 1. The van der Waals surface area contributed by atoms with E-state index in [4.69, 9.17) is 27.9 Å². The SMILES string of the molecule is CC(Oc1ccc(Cl)c(Cl)c1)C(=O)Nc1nc(CN2CCCCC2)cs1. The molecule has 1 fully saturated rings. The van der Waals surface area contributed by atoms with Crippen LogP contribution in [0.25, 0.3) is 0 Å². The van der Waals surface area contributed by atoms with Gasteiger partial charge in [-0.3, -0.25) is 15.0 Å². The Morgan fingerprint density at radius 2 is 2.08 bits per heavy atom. The molecule has 0 spiro atoms. The maximum atomic E-state index is 12.3. The van der Waals surface area contributed by atoms with E-state index < -0.39 is 6.10 Å². The topological polar surface area (TPSA) is 54.5 Å². The van der Waals surface area contributed by atoms with Crippen LogP contribution in [0.3, 0.4) is 0 Å². The summed E-state index contributed by atoms with van der Waals surface area (Å²) in [6.07, 6.45) is 3.13. The molecule has 1 atom stereocenters. The van der Waals surface area contributed by atoms with E-state index in [1.807, 2.05) is 5.38 Å². The molecule has 2 heterocycles. The lowest BCUT2D eigenvalue weighted by molar-refractivity contribution is -0.122. The number of aromatic nitrogens is 1. The fourth-order valence-corrected chi connectivity index (χ4v) is 3.79. The number of carbonyl (C=O) groups excluding carboxylic acids is 1. The van der Waals surface area contributed by atoms with E-state index >= 15 is 0 Å². The highest BCUT2D eigenvalue weighted by atomic mass is 35.5. The van der Waals surface area contributed by atoms with E-state index in [0.717, 1.165) is 25.3 Å². The van der Waals surface area contributed by atoms with Gasteiger partial charge >= 0.3 is 0 Å². The number of halogens is 2. The van der Waals surface area contributed by atoms with Crippen LogP contribution in [0.15, 0.2) is 23.6 Å². The van der Waals surface area contributed by atoms with E-state index in [1.165, 1.54) is 30.6 Å². The van der Waals surface area contributed by atoms with E-state index in [-0.39, 0.29) is 5.91 Å². The molecule has 1 aliphatic rings. The molecule has 0 aliphatic carbocycles. The van der Waals surface area contributed by atoms with E-state index in [2.05, 4.69) is 15.2 Å². The normalized spacial score (nSPS) is 16.3. The van der Waals surface area contributed by atoms with Crippen molar-refractivity contribution < 1.29 is 9.53 Å². The van der Waals surface area contributed by atoms with Crippen LogP contribution in [0.4, 0.5) is 5.13 Å². The summed E-state index contributed by atoms with van der Waals surface area (Å²) >= 11 is 13.3. The van der Waals surface area contributed by atoms with Gasteiger partial charge in [-0.15, -0.1) is 11.3 Å². The Hall–Kier alpha value is -1.34. The Balaban J connectivity index is 1.52. The predicted molar refractivity (Wildman–Crippen MR) is 106 cm³/mol. The summed E-state index contributed by atoms with van der Waals surface area (Å²) in [4.78, 5) is 19.2. The quantitative estimate of drug-likeness (QED) is 0.735. The molecule has 1 aromatic carbocycles. The Kier molecular flexibility index (Phi) is 6.75. The van der Waals surface area contributed by atoms with Gasteiger partial charge in [0.25, 0.3) is 5.91 Å². The zero-order valence-corrected chi connectivity index (χ0v) is 16.8. The molecule has 1 aromatic heterocycles. The average molecular weight is 414 g/mol. The minimum Gasteiger partial charge on any atom is -0.481 e. The average Bonchev–Trinajstić information content (AvgIpc) is 3.06. The standard InChI is InChI=1S/C18H21Cl2N3O2S/c1-12(25-14-5-6-15(19)16(20)9-14)17(24)22-18-21-13(11-26-18)10-23-7-3-2-4-8-23/h5-6,9,11-12H,2-4,7-8,10H2,1H3,(H,21,22,24). The third kappa shape index (κ3) is 5.33. The van der Waals surface area contributed by atoms with Crippen molar-refractivity contribution in [1.82, 2.24) is 9.88 Å². The third-order valence-electron chi connectivity index (χ3n) is 4.19. The van der Waals surface area contributed by atoms with Crippen molar-refractivity contribution in [1.29, 1.82) is 0 Å². The molecule has 1 unspecified atom stereocenters. The van der Waals surface area contributed by atoms with Crippen LogP contribution >= 0.6 is 34.5 Å². The van der Waals surface area contributed by atoms with Crippen LogP contribution in [0.5, 0.6) is 5.75 Å². The number of nitrogens with one attached hydrogen (secondary N) is 1. The van der Waals surface area contributed by atoms with E-state index in [9.17, 15) is 4.79 Å². The van der Waals surface area contributed by atoms with Gasteiger partial charge in [0.05, 0.1) is 15.7 Å². The number of benzene rings is 1. The Bertz CT molecular complexity index is 763. The van der Waals surface area contributed by atoms with Crippen molar-refractivity contribution in [3.63, 3.8) is 0 Å². The number of carbonyl (C=O) groups is 1. The van der Waals surface area contributed by atoms with Crippen LogP contribution in [-0.2, 0) is 11.3 Å². The first-order chi connectivity index (χ1) is 12.5. The lowest BCUT2D eigenvalue weighted by Crippen LogP contribution is -2.30. The van der Waals surface area contributed by atoms with Crippen LogP contribution in [0, 0.1) is 0 Å². The number of hydrogen-bond acceptors (Lipinski definition) is 5. The van der Waals surface area contributed by atoms with E-state index in [0.29, 0.717) is 20.9 Å². The summed E-state index contributed by atoms with van der Waals surface area (Å²) < 4.78 is 5.63. The smallest absolute Gasteiger partial charge is 0.266 e. The lowest BCUT2D eigenvalue weighted by atomic mass is 10.1. The second-order valence-corrected chi connectivity index (χ2v) is 7.98. The van der Waals surface area contributed by atoms with Gasteiger partial charge in [-0.1, -0.05) is 29.6 Å². The van der Waals surface area contributed by atoms with Crippen molar-refractivity contribution in [2.45, 2.75) is 38.8 Å². The Labute approximate surface area is 167 Å². The molecular weight excluding hydrogens is 393 g/mol. The molecule has 3 rings (SSSR count). The largest absolute Gasteiger partial charge is 0.481 e. The van der Waals surface area contributed by atoms with Gasteiger partial charge in [-0.25, -0.2) is 4.98 Å². The summed E-state index contributed by atoms with van der Waals surface area (Å²) in [5.41, 5.74) is 0.991. The number of anilines is 1. The zero-order chi connectivity index (χ0) is 18.5. The number of rotatable bonds is 6. The maximum Gasteiger partial charge on any atom is 0.266 e. The number of nitrogens with zero attached hydrogens (tertiary/aromatic N) is 2. The maximum absolute atomic E-state index is 12.3. The fourth-order valence-electron chi connectivity index (χ4n) is 2.80. The molecule has 1 saturated heterocycles. The van der Waals surface area contributed by atoms with Crippen LogP contribution in [-0.4, -0.2) is 35.0 Å². The second-order valence-electron chi connectivity index (χ2n) is 6.31. The molecule has 2 aromatic rings. The van der Waals surface area contributed by atoms with Gasteiger partial charge in [0.2, 0.25) is 0 Å². The van der Waals surface area contributed by atoms with Gasteiger partial charge in [0.15, 0.2) is 11.2 Å². The molecule has 0 bridgehead atoms. The molecular formula is C18H21Cl2N3O2S. The van der Waals surface area contributed by atoms with Crippen molar-refractivity contribution in [2.24, 2.45) is 0 Å². The van der Waals surface area contributed by atoms with Gasteiger partial charge in [-0.05, 0) is 45.0 Å². The van der Waals surface area contributed by atoms with Gasteiger partial charge < -0.3 is 4.74 Å². The van der Waals surface area contributed by atoms with Crippen molar-refractivity contribution in [3.05, 3.63) is 39.3 Å². The number of hydrogen-bond donors (Lipinski definition) is 1. The predicted octanol–water partition coefficient (Wildman–Crippen LogP) is 4.84. The molecule has 1 aliphatic heterocycles. The fraction of sp³-hybridized carbons (Fsp3) is 0.444. The monoisotopic (exact) mass is 413 g/mol. The molecule has 5 nitrogen and oxygen atoms in total. The highest BCUT2D eigenvalue weighted by molar-refractivity contribution is 7.13. The summed E-state index contributed by atoms with van der Waals surface area (Å²) in [6, 6.07) is 4.91. The number of likely N-dealkylation sites (tertiary alicyclic amines) is 1. The van der Waals surface area contributed by atoms with Crippen LogP contribution < -0.4 is 10.1 Å². The van der Waals surface area contributed by atoms with Crippen molar-refractivity contribution in [3.8, 4) is 5.75 Å². The zero-order valence-electron chi connectivity index (χ0n) is 14.5. The number of thiazole rings is 1. The first-order valence-electron chi connectivity index (χ1n) is 8.60. The summed E-state index contributed by atoms with van der Waals surface area (Å²) in [6.45, 7) is 4.75. The molecule has 0 saturated carbocycles. The minimum atomic E-state index is -0.679. The lowest BCUT2D eigenvalue weighted by Gasteiger charge is -2.25. The highest BCUT2D eigenvalue weighted by Gasteiger charge is 2.18. The van der Waals surface area contributed by atoms with Crippen LogP contribution in [0.2, 0.25) is 10.0 Å². The molecule has 1 amide bonds. The molecule has 8 heteroatoms. The summed E-state index contributed by atoms with van der Waals surface area (Å²) in [5, 5.41) is 6.23. The van der Waals surface area contributed by atoms with Gasteiger partial charge in [0.1, 0.15) is 5.75 Å². The molecule has 0 radical (unpaired) electrons. The van der Waals surface area contributed by atoms with Crippen LogP contribution in [0.1, 0.15) is 31.9 Å². The minimum absolute atomic E-state index is 0.255. The van der Waals surface area contributed by atoms with Crippen molar-refractivity contribution in [2.75, 3.05) is 18.4 Å². The second kappa shape index (κ2) is 9.04. The Morgan fingerprint density at radius 3 is 2.81 bits per heavy atom. The molecule has 1 N–H and O–H groups in total. The van der Waals surface area contributed by atoms with Gasteiger partial charge in [-0.2, -0.15) is 0 Å². The van der Waals surface area contributed by atoms with Crippen molar-refractivity contribution >= 4 is 45.6 Å². The first-order valence-corrected chi connectivity index (χ1v) is 10.2. The number of ether oxygens (including phenoxy) is 1. The third-order valence-corrected chi connectivity index (χ3v) is 5.73. The molecule has 26 heavy (non-hydrogen) atoms. The highest BCUT2D eigenvalue weighted by Crippen LogP contribution is 2.27. The van der Waals surface area contributed by atoms with Gasteiger partial charge in [0, 0.05) is 18.0 Å².